The predicted octanol–water partition coefficient (Wildman–Crippen LogP) is 6.66. The van der Waals surface area contributed by atoms with E-state index in [0.29, 0.717) is 6.42 Å². The number of hydrogen-bond donors (Lipinski definition) is 0. The zero-order valence-electron chi connectivity index (χ0n) is 14.2. The van der Waals surface area contributed by atoms with Gasteiger partial charge in [-0.2, -0.15) is 0 Å². The Hall–Kier alpha value is -2.97. The number of benzene rings is 4. The number of carbonyl (C=O) groups is 1. The number of hydrogen-bond acceptors (Lipinski definition) is 2. The van der Waals surface area contributed by atoms with E-state index in [1.165, 1.54) is 47.8 Å². The molecule has 0 aliphatic heterocycles. The number of carbonyl (C=O) groups excluding carboxylic acids is 1. The van der Waals surface area contributed by atoms with Crippen molar-refractivity contribution >= 4 is 58.8 Å². The monoisotopic (exact) mass is 352 g/mol. The van der Waals surface area contributed by atoms with Crippen molar-refractivity contribution in [3.63, 3.8) is 0 Å². The predicted molar refractivity (Wildman–Crippen MR) is 113 cm³/mol. The number of fused-ring (bicyclic) bond motifs is 7. The van der Waals surface area contributed by atoms with Crippen LogP contribution in [0.25, 0.3) is 41.7 Å². The minimum absolute atomic E-state index is 0.0551. The Balaban J connectivity index is 1.96. The van der Waals surface area contributed by atoms with E-state index in [9.17, 15) is 4.79 Å². The molecular weight excluding hydrogens is 336 g/mol. The molecule has 0 saturated heterocycles. The van der Waals surface area contributed by atoms with Gasteiger partial charge in [0.2, 0.25) is 0 Å². The molecule has 0 spiro atoms. The zero-order chi connectivity index (χ0) is 17.7. The third kappa shape index (κ3) is 2.19. The summed E-state index contributed by atoms with van der Waals surface area (Å²) in [4.78, 5) is 12.0. The minimum atomic E-state index is 0.0551. The molecule has 0 radical (unpaired) electrons. The quantitative estimate of drug-likeness (QED) is 0.332. The van der Waals surface area contributed by atoms with E-state index in [-0.39, 0.29) is 5.78 Å². The van der Waals surface area contributed by atoms with Gasteiger partial charge >= 0.3 is 0 Å². The van der Waals surface area contributed by atoms with Crippen molar-refractivity contribution in [2.45, 2.75) is 6.42 Å². The Morgan fingerprint density at radius 2 is 1.65 bits per heavy atom. The molecule has 0 atom stereocenters. The fourth-order valence-corrected chi connectivity index (χ4v) is 5.10. The summed E-state index contributed by atoms with van der Waals surface area (Å²) in [7, 11) is 0. The van der Waals surface area contributed by atoms with Crippen molar-refractivity contribution in [3.05, 3.63) is 84.9 Å². The van der Waals surface area contributed by atoms with Crippen LogP contribution in [0.2, 0.25) is 0 Å². The Morgan fingerprint density at radius 3 is 2.54 bits per heavy atom. The molecular formula is C24H16OS. The Bertz CT molecular complexity index is 1340. The molecule has 0 amide bonds. The average molecular weight is 352 g/mol. The zero-order valence-corrected chi connectivity index (χ0v) is 15.0. The van der Waals surface area contributed by atoms with Crippen LogP contribution in [0.15, 0.2) is 79.4 Å². The molecule has 5 rings (SSSR count). The van der Waals surface area contributed by atoms with Gasteiger partial charge in [-0.1, -0.05) is 67.2 Å². The lowest BCUT2D eigenvalue weighted by molar-refractivity contribution is -0.113. The first kappa shape index (κ1) is 15.3. The fourth-order valence-electron chi connectivity index (χ4n) is 3.86. The molecule has 1 nitrogen and oxygen atoms in total. The number of ketones is 1. The smallest absolute Gasteiger partial charge is 0.159 e. The van der Waals surface area contributed by atoms with Crippen molar-refractivity contribution in [2.75, 3.05) is 0 Å². The second-order valence-corrected chi connectivity index (χ2v) is 7.62. The van der Waals surface area contributed by atoms with Gasteiger partial charge in [0.1, 0.15) is 0 Å². The Kier molecular flexibility index (Phi) is 3.41. The SMILES string of the molecule is C=CC(=O)Cc1cccc2ccc3sc4c5ccccc5ccc4c3c12. The highest BCUT2D eigenvalue weighted by Crippen LogP contribution is 2.42. The lowest BCUT2D eigenvalue weighted by Gasteiger charge is -2.07. The van der Waals surface area contributed by atoms with Crippen molar-refractivity contribution in [2.24, 2.45) is 0 Å². The summed E-state index contributed by atoms with van der Waals surface area (Å²) in [6, 6.07) is 23.5. The second kappa shape index (κ2) is 5.79. The molecule has 124 valence electrons. The van der Waals surface area contributed by atoms with Crippen molar-refractivity contribution < 1.29 is 4.79 Å². The minimum Gasteiger partial charge on any atom is -0.295 e. The average Bonchev–Trinajstić information content (AvgIpc) is 3.07. The molecule has 0 unspecified atom stereocenters. The highest BCUT2D eigenvalue weighted by molar-refractivity contribution is 7.26. The highest BCUT2D eigenvalue weighted by Gasteiger charge is 2.14. The molecule has 1 aromatic heterocycles. The summed E-state index contributed by atoms with van der Waals surface area (Å²) in [5.41, 5.74) is 1.07. The maximum Gasteiger partial charge on any atom is 0.159 e. The topological polar surface area (TPSA) is 17.1 Å². The van der Waals surface area contributed by atoms with E-state index in [0.717, 1.165) is 5.56 Å². The van der Waals surface area contributed by atoms with Gasteiger partial charge in [-0.25, -0.2) is 0 Å². The number of rotatable bonds is 3. The molecule has 2 heteroatoms. The van der Waals surface area contributed by atoms with Gasteiger partial charge in [-0.05, 0) is 39.3 Å². The van der Waals surface area contributed by atoms with E-state index in [1.54, 1.807) is 0 Å². The molecule has 0 saturated carbocycles. The lowest BCUT2D eigenvalue weighted by atomic mass is 9.95. The van der Waals surface area contributed by atoms with Crippen LogP contribution >= 0.6 is 11.3 Å². The van der Waals surface area contributed by atoms with Gasteiger partial charge in [0, 0.05) is 26.6 Å². The molecule has 0 N–H and O–H groups in total. The molecule has 1 heterocycles. The molecule has 26 heavy (non-hydrogen) atoms. The molecule has 4 aromatic carbocycles. The van der Waals surface area contributed by atoms with Gasteiger partial charge in [0.05, 0.1) is 0 Å². The molecule has 0 bridgehead atoms. The normalized spacial score (nSPS) is 11.5. The van der Waals surface area contributed by atoms with Crippen LogP contribution in [0.5, 0.6) is 0 Å². The molecule has 0 aliphatic carbocycles. The Labute approximate surface area is 155 Å². The largest absolute Gasteiger partial charge is 0.295 e. The summed E-state index contributed by atoms with van der Waals surface area (Å²) in [5, 5.41) is 7.46. The van der Waals surface area contributed by atoms with Crippen LogP contribution in [0, 0.1) is 0 Å². The summed E-state index contributed by atoms with van der Waals surface area (Å²) < 4.78 is 2.58. The summed E-state index contributed by atoms with van der Waals surface area (Å²) in [6.45, 7) is 3.63. The van der Waals surface area contributed by atoms with Gasteiger partial charge in [0.15, 0.2) is 5.78 Å². The van der Waals surface area contributed by atoms with Crippen LogP contribution in [-0.2, 0) is 11.2 Å². The van der Waals surface area contributed by atoms with Gasteiger partial charge in [-0.15, -0.1) is 11.3 Å². The van der Waals surface area contributed by atoms with Crippen LogP contribution in [0.1, 0.15) is 5.56 Å². The first-order valence-electron chi connectivity index (χ1n) is 8.66. The highest BCUT2D eigenvalue weighted by atomic mass is 32.1. The second-order valence-electron chi connectivity index (χ2n) is 6.57. The first-order valence-corrected chi connectivity index (χ1v) is 9.48. The van der Waals surface area contributed by atoms with E-state index < -0.39 is 0 Å². The number of allylic oxidation sites excluding steroid dienone is 1. The van der Waals surface area contributed by atoms with Crippen LogP contribution < -0.4 is 0 Å². The van der Waals surface area contributed by atoms with Crippen molar-refractivity contribution in [1.29, 1.82) is 0 Å². The molecule has 5 aromatic rings. The maximum absolute atomic E-state index is 12.0. The third-order valence-electron chi connectivity index (χ3n) is 5.05. The van der Waals surface area contributed by atoms with Crippen LogP contribution in [0.4, 0.5) is 0 Å². The van der Waals surface area contributed by atoms with Crippen LogP contribution in [-0.4, -0.2) is 5.78 Å². The maximum atomic E-state index is 12.0. The fraction of sp³-hybridized carbons (Fsp3) is 0.0417. The van der Waals surface area contributed by atoms with Crippen LogP contribution in [0.3, 0.4) is 0 Å². The summed E-state index contributed by atoms with van der Waals surface area (Å²) in [5.74, 6) is 0.0551. The van der Waals surface area contributed by atoms with Gasteiger partial charge in [0.25, 0.3) is 0 Å². The van der Waals surface area contributed by atoms with E-state index >= 15 is 0 Å². The summed E-state index contributed by atoms with van der Waals surface area (Å²) in [6.07, 6.45) is 1.81. The lowest BCUT2D eigenvalue weighted by Crippen LogP contribution is -1.98. The Morgan fingerprint density at radius 1 is 0.846 bits per heavy atom. The molecule has 0 aliphatic rings. The van der Waals surface area contributed by atoms with Gasteiger partial charge < -0.3 is 0 Å². The third-order valence-corrected chi connectivity index (χ3v) is 6.25. The molecule has 0 fully saturated rings. The summed E-state index contributed by atoms with van der Waals surface area (Å²) >= 11 is 1.83. The van der Waals surface area contributed by atoms with E-state index in [2.05, 4.69) is 67.2 Å². The van der Waals surface area contributed by atoms with E-state index in [1.807, 2.05) is 17.4 Å². The number of thiophene rings is 1. The van der Waals surface area contributed by atoms with Gasteiger partial charge in [-0.3, -0.25) is 4.79 Å². The standard InChI is InChI=1S/C24H16OS/c1-2-18(25)14-17-8-5-7-16-11-13-21-23(22(16)17)20-12-10-15-6-3-4-9-19(15)24(20)26-21/h2-13H,1,14H2. The van der Waals surface area contributed by atoms with Crippen molar-refractivity contribution in [1.82, 2.24) is 0 Å². The van der Waals surface area contributed by atoms with E-state index in [4.69, 9.17) is 0 Å². The first-order chi connectivity index (χ1) is 12.8. The van der Waals surface area contributed by atoms with Crippen molar-refractivity contribution in [3.8, 4) is 0 Å².